The molecule has 2 aliphatic rings. The molecule has 20 heavy (non-hydrogen) atoms. The number of carbonyl (C=O) groups is 1. The van der Waals surface area contributed by atoms with Crippen LogP contribution in [0, 0.1) is 16.0 Å². The van der Waals surface area contributed by atoms with Gasteiger partial charge in [0, 0.05) is 27.5 Å². The van der Waals surface area contributed by atoms with Crippen molar-refractivity contribution in [3.63, 3.8) is 0 Å². The Kier molecular flexibility index (Phi) is 3.41. The standard InChI is InChI=1S/C14H16N2O3S/c17-13(11-8-12(11)16(18)19)15-9-14(6-7-14)20-10-4-2-1-3-5-10/h1-5,11-12H,6-9H2,(H,15,17)/t11-,12+/m1/s1. The van der Waals surface area contributed by atoms with Crippen molar-refractivity contribution in [2.45, 2.75) is 34.9 Å². The van der Waals surface area contributed by atoms with Crippen LogP contribution < -0.4 is 5.32 Å². The molecule has 0 saturated heterocycles. The van der Waals surface area contributed by atoms with E-state index in [4.69, 9.17) is 0 Å². The molecule has 2 saturated carbocycles. The molecule has 6 heteroatoms. The van der Waals surface area contributed by atoms with E-state index in [0.29, 0.717) is 13.0 Å². The van der Waals surface area contributed by atoms with Crippen molar-refractivity contribution in [1.82, 2.24) is 5.32 Å². The summed E-state index contributed by atoms with van der Waals surface area (Å²) in [5.41, 5.74) is 0. The summed E-state index contributed by atoms with van der Waals surface area (Å²) in [6.45, 7) is 0.604. The average molecular weight is 292 g/mol. The largest absolute Gasteiger partial charge is 0.354 e. The highest BCUT2D eigenvalue weighted by molar-refractivity contribution is 8.01. The Morgan fingerprint density at radius 3 is 2.65 bits per heavy atom. The second-order valence-electron chi connectivity index (χ2n) is 5.51. The molecule has 2 fully saturated rings. The Balaban J connectivity index is 1.49. The third-order valence-corrected chi connectivity index (χ3v) is 5.33. The maximum atomic E-state index is 11.8. The van der Waals surface area contributed by atoms with Crippen molar-refractivity contribution in [3.05, 3.63) is 40.4 Å². The van der Waals surface area contributed by atoms with Gasteiger partial charge in [-0.05, 0) is 25.0 Å². The molecule has 0 unspecified atom stereocenters. The van der Waals surface area contributed by atoms with Crippen LogP contribution in [0.1, 0.15) is 19.3 Å². The first-order chi connectivity index (χ1) is 9.60. The van der Waals surface area contributed by atoms with Crippen molar-refractivity contribution >= 4 is 17.7 Å². The zero-order valence-electron chi connectivity index (χ0n) is 11.0. The van der Waals surface area contributed by atoms with E-state index in [1.54, 1.807) is 11.8 Å². The number of amides is 1. The number of rotatable bonds is 6. The average Bonchev–Trinajstić information content (AvgIpc) is 3.32. The van der Waals surface area contributed by atoms with Crippen LogP contribution in [-0.4, -0.2) is 28.2 Å². The van der Waals surface area contributed by atoms with Crippen LogP contribution in [0.2, 0.25) is 0 Å². The maximum Gasteiger partial charge on any atom is 0.230 e. The van der Waals surface area contributed by atoms with Crippen LogP contribution in [0.5, 0.6) is 0 Å². The van der Waals surface area contributed by atoms with Gasteiger partial charge in [0.15, 0.2) is 0 Å². The van der Waals surface area contributed by atoms with Crippen LogP contribution >= 0.6 is 11.8 Å². The molecule has 0 bridgehead atoms. The molecule has 0 aliphatic heterocycles. The summed E-state index contributed by atoms with van der Waals surface area (Å²) in [6.07, 6.45) is 2.55. The van der Waals surface area contributed by atoms with E-state index in [1.807, 2.05) is 18.2 Å². The molecule has 0 heterocycles. The second-order valence-corrected chi connectivity index (χ2v) is 7.05. The lowest BCUT2D eigenvalue weighted by atomic mass is 10.3. The fraction of sp³-hybridized carbons (Fsp3) is 0.500. The highest BCUT2D eigenvalue weighted by Crippen LogP contribution is 2.51. The molecular formula is C14H16N2O3S. The Hall–Kier alpha value is -1.56. The minimum atomic E-state index is -0.660. The SMILES string of the molecule is O=C(NCC1(Sc2ccccc2)CC1)[C@@H]1C[C@@H]1[N+](=O)[O-]. The zero-order valence-corrected chi connectivity index (χ0v) is 11.8. The van der Waals surface area contributed by atoms with Crippen molar-refractivity contribution < 1.29 is 9.72 Å². The first-order valence-electron chi connectivity index (χ1n) is 6.75. The van der Waals surface area contributed by atoms with Gasteiger partial charge >= 0.3 is 0 Å². The minimum absolute atomic E-state index is 0.0933. The number of nitrogens with one attached hydrogen (secondary N) is 1. The molecule has 2 atom stereocenters. The maximum absolute atomic E-state index is 11.8. The number of carbonyl (C=O) groups excluding carboxylic acids is 1. The van der Waals surface area contributed by atoms with Gasteiger partial charge in [-0.3, -0.25) is 14.9 Å². The first kappa shape index (κ1) is 13.4. The lowest BCUT2D eigenvalue weighted by Gasteiger charge is -2.15. The summed E-state index contributed by atoms with van der Waals surface area (Å²) in [5.74, 6) is -0.575. The van der Waals surface area contributed by atoms with E-state index in [-0.39, 0.29) is 15.6 Å². The van der Waals surface area contributed by atoms with Crippen molar-refractivity contribution in [3.8, 4) is 0 Å². The normalized spacial score (nSPS) is 25.8. The molecule has 0 spiro atoms. The first-order valence-corrected chi connectivity index (χ1v) is 7.57. The van der Waals surface area contributed by atoms with Gasteiger partial charge in [-0.2, -0.15) is 0 Å². The zero-order chi connectivity index (χ0) is 14.2. The summed E-state index contributed by atoms with van der Waals surface area (Å²) in [6, 6.07) is 9.46. The lowest BCUT2D eigenvalue weighted by molar-refractivity contribution is -0.497. The van der Waals surface area contributed by atoms with Crippen LogP contribution in [0.3, 0.4) is 0 Å². The van der Waals surface area contributed by atoms with Crippen LogP contribution in [-0.2, 0) is 4.79 Å². The van der Waals surface area contributed by atoms with Crippen LogP contribution in [0.15, 0.2) is 35.2 Å². The number of hydrogen-bond acceptors (Lipinski definition) is 4. The Morgan fingerprint density at radius 2 is 2.10 bits per heavy atom. The summed E-state index contributed by atoms with van der Waals surface area (Å²) in [4.78, 5) is 23.2. The van der Waals surface area contributed by atoms with E-state index in [0.717, 1.165) is 12.8 Å². The van der Waals surface area contributed by atoms with E-state index in [1.165, 1.54) is 4.90 Å². The van der Waals surface area contributed by atoms with E-state index >= 15 is 0 Å². The smallest absolute Gasteiger partial charge is 0.230 e. The van der Waals surface area contributed by atoms with Gasteiger partial charge in [-0.1, -0.05) is 18.2 Å². The molecule has 0 aromatic heterocycles. The molecule has 0 radical (unpaired) electrons. The molecule has 3 rings (SSSR count). The van der Waals surface area contributed by atoms with E-state index in [9.17, 15) is 14.9 Å². The Labute approximate surface area is 121 Å². The topological polar surface area (TPSA) is 72.2 Å². The molecule has 2 aliphatic carbocycles. The molecule has 1 aromatic carbocycles. The Morgan fingerprint density at radius 1 is 1.40 bits per heavy atom. The van der Waals surface area contributed by atoms with Gasteiger partial charge in [0.05, 0.1) is 0 Å². The van der Waals surface area contributed by atoms with Gasteiger partial charge in [-0.25, -0.2) is 0 Å². The molecule has 106 valence electrons. The lowest BCUT2D eigenvalue weighted by Crippen LogP contribution is -2.34. The third kappa shape index (κ3) is 2.95. The number of benzene rings is 1. The second kappa shape index (κ2) is 5.09. The molecule has 1 amide bonds. The fourth-order valence-corrected chi connectivity index (χ4v) is 3.51. The van der Waals surface area contributed by atoms with Gasteiger partial charge in [0.1, 0.15) is 5.92 Å². The minimum Gasteiger partial charge on any atom is -0.354 e. The monoisotopic (exact) mass is 292 g/mol. The quantitative estimate of drug-likeness (QED) is 0.643. The highest BCUT2D eigenvalue weighted by atomic mass is 32.2. The number of nitrogens with zero attached hydrogens (tertiary/aromatic N) is 1. The van der Waals surface area contributed by atoms with Crippen molar-refractivity contribution in [2.75, 3.05) is 6.54 Å². The predicted octanol–water partition coefficient (Wildman–Crippen LogP) is 2.09. The number of nitro groups is 1. The van der Waals surface area contributed by atoms with Crippen LogP contribution in [0.25, 0.3) is 0 Å². The highest BCUT2D eigenvalue weighted by Gasteiger charge is 2.54. The number of hydrogen-bond donors (Lipinski definition) is 1. The van der Waals surface area contributed by atoms with E-state index < -0.39 is 12.0 Å². The Bertz CT molecular complexity index is 530. The molecule has 1 N–H and O–H groups in total. The summed E-state index contributed by atoms with van der Waals surface area (Å²) in [5, 5.41) is 13.4. The number of thioether (sulfide) groups is 1. The van der Waals surface area contributed by atoms with Crippen molar-refractivity contribution in [1.29, 1.82) is 0 Å². The van der Waals surface area contributed by atoms with E-state index in [2.05, 4.69) is 17.4 Å². The predicted molar refractivity (Wildman–Crippen MR) is 76.2 cm³/mol. The third-order valence-electron chi connectivity index (χ3n) is 3.83. The van der Waals surface area contributed by atoms with Crippen LogP contribution in [0.4, 0.5) is 0 Å². The van der Waals surface area contributed by atoms with Crippen molar-refractivity contribution in [2.24, 2.45) is 5.92 Å². The summed E-state index contributed by atoms with van der Waals surface area (Å²) >= 11 is 1.79. The summed E-state index contributed by atoms with van der Waals surface area (Å²) < 4.78 is 0.0933. The van der Waals surface area contributed by atoms with Gasteiger partial charge < -0.3 is 5.32 Å². The van der Waals surface area contributed by atoms with Gasteiger partial charge in [0.25, 0.3) is 0 Å². The fourth-order valence-electron chi connectivity index (χ4n) is 2.27. The molecule has 5 nitrogen and oxygen atoms in total. The van der Waals surface area contributed by atoms with Gasteiger partial charge in [-0.15, -0.1) is 11.8 Å². The molecular weight excluding hydrogens is 276 g/mol. The molecule has 1 aromatic rings. The van der Waals surface area contributed by atoms with Gasteiger partial charge in [0.2, 0.25) is 11.9 Å². The summed E-state index contributed by atoms with van der Waals surface area (Å²) in [7, 11) is 0.